The van der Waals surface area contributed by atoms with E-state index in [4.69, 9.17) is 0 Å². The number of carbonyl (C=O) groups excluding carboxylic acids is 2. The van der Waals surface area contributed by atoms with E-state index in [2.05, 4.69) is 21.8 Å². The summed E-state index contributed by atoms with van der Waals surface area (Å²) in [5, 5.41) is 20.8. The quantitative estimate of drug-likeness (QED) is 0.826. The third-order valence-corrected chi connectivity index (χ3v) is 6.97. The zero-order valence-electron chi connectivity index (χ0n) is 15.4. The molecular weight excluding hydrogens is 362 g/mol. The van der Waals surface area contributed by atoms with Crippen molar-refractivity contribution in [1.82, 2.24) is 20.4 Å². The summed E-state index contributed by atoms with van der Waals surface area (Å²) in [4.78, 5) is 26.6. The number of amides is 2. The van der Waals surface area contributed by atoms with Crippen molar-refractivity contribution >= 4 is 33.4 Å². The van der Waals surface area contributed by atoms with Gasteiger partial charge in [0.2, 0.25) is 5.91 Å². The zero-order chi connectivity index (χ0) is 19.0. The Morgan fingerprint density at radius 3 is 2.74 bits per heavy atom. The van der Waals surface area contributed by atoms with E-state index >= 15 is 0 Å². The largest absolute Gasteiger partial charge is 0.349 e. The van der Waals surface area contributed by atoms with E-state index in [-0.39, 0.29) is 18.4 Å². The minimum absolute atomic E-state index is 0.0368. The maximum Gasteiger partial charge on any atom is 0.261 e. The molecule has 2 aliphatic rings. The molecule has 2 aromatic rings. The molecule has 2 saturated carbocycles. The molecule has 0 atom stereocenters. The average molecular weight is 385 g/mol. The summed E-state index contributed by atoms with van der Waals surface area (Å²) in [6.07, 6.45) is 6.35. The lowest BCUT2D eigenvalue weighted by Gasteiger charge is -2.25. The fourth-order valence-corrected chi connectivity index (χ4v) is 4.86. The maximum absolute atomic E-state index is 12.6. The van der Waals surface area contributed by atoms with E-state index in [0.717, 1.165) is 41.6 Å². The number of rotatable bonds is 5. The molecule has 0 unspecified atom stereocenters. The normalized spacial score (nSPS) is 18.8. The van der Waals surface area contributed by atoms with Gasteiger partial charge in [-0.3, -0.25) is 14.3 Å². The lowest BCUT2D eigenvalue weighted by atomic mass is 9.87. The van der Waals surface area contributed by atoms with Crippen LogP contribution in [0.3, 0.4) is 0 Å². The number of aryl methyl sites for hydroxylation is 1. The molecule has 142 valence electrons. The molecule has 4 rings (SSSR count). The Labute approximate surface area is 161 Å². The summed E-state index contributed by atoms with van der Waals surface area (Å²) in [5.41, 5.74) is -0.165. The van der Waals surface area contributed by atoms with Crippen LogP contribution in [-0.2, 0) is 18.4 Å². The van der Waals surface area contributed by atoms with Gasteiger partial charge in [-0.05, 0) is 38.2 Å². The third-order valence-electron chi connectivity index (χ3n) is 5.77. The van der Waals surface area contributed by atoms with Crippen LogP contribution in [0.25, 0.3) is 10.2 Å². The van der Waals surface area contributed by atoms with Crippen molar-refractivity contribution in [1.29, 1.82) is 5.26 Å². The summed E-state index contributed by atoms with van der Waals surface area (Å²) in [5.74, 6) is -0.246. The fraction of sp³-hybridized carbons (Fsp3) is 0.579. The topological polar surface area (TPSA) is 99.8 Å². The monoisotopic (exact) mass is 385 g/mol. The van der Waals surface area contributed by atoms with Gasteiger partial charge in [-0.1, -0.05) is 12.8 Å². The van der Waals surface area contributed by atoms with E-state index < -0.39 is 5.41 Å². The Morgan fingerprint density at radius 2 is 2.11 bits per heavy atom. The second-order valence-corrected chi connectivity index (χ2v) is 8.62. The summed E-state index contributed by atoms with van der Waals surface area (Å²) in [6.45, 7) is 0.264. The highest BCUT2D eigenvalue weighted by atomic mass is 32.1. The maximum atomic E-state index is 12.6. The molecule has 0 radical (unpaired) electrons. The molecule has 2 aromatic heterocycles. The molecule has 7 nitrogen and oxygen atoms in total. The number of fused-ring (bicyclic) bond motifs is 1. The summed E-state index contributed by atoms with van der Waals surface area (Å²) in [7, 11) is 1.84. The van der Waals surface area contributed by atoms with Crippen LogP contribution in [0.4, 0.5) is 0 Å². The van der Waals surface area contributed by atoms with Gasteiger partial charge in [0, 0.05) is 18.5 Å². The Hall–Kier alpha value is -2.40. The smallest absolute Gasteiger partial charge is 0.261 e. The van der Waals surface area contributed by atoms with Crippen LogP contribution >= 0.6 is 11.3 Å². The highest BCUT2D eigenvalue weighted by molar-refractivity contribution is 7.20. The number of hydrogen-bond donors (Lipinski definition) is 2. The number of hydrogen-bond acceptors (Lipinski definition) is 5. The molecule has 2 fully saturated rings. The van der Waals surface area contributed by atoms with Gasteiger partial charge >= 0.3 is 0 Å². The van der Waals surface area contributed by atoms with Gasteiger partial charge in [-0.2, -0.15) is 10.4 Å². The summed E-state index contributed by atoms with van der Waals surface area (Å²) >= 11 is 1.42. The van der Waals surface area contributed by atoms with Gasteiger partial charge in [0.1, 0.15) is 10.2 Å². The second kappa shape index (κ2) is 6.97. The molecule has 0 saturated heterocycles. The first-order chi connectivity index (χ1) is 13.0. The Balaban J connectivity index is 1.49. The van der Waals surface area contributed by atoms with Gasteiger partial charge < -0.3 is 10.6 Å². The van der Waals surface area contributed by atoms with E-state index in [1.165, 1.54) is 17.8 Å². The minimum Gasteiger partial charge on any atom is -0.349 e. The Bertz CT molecular complexity index is 928. The SMILES string of the molecule is Cn1nc(CNC(=O)C2(C#N)CCCC2)c2cc(C(=O)NC3CCC3)sc21. The lowest BCUT2D eigenvalue weighted by Crippen LogP contribution is -2.39. The van der Waals surface area contributed by atoms with Crippen LogP contribution in [-0.4, -0.2) is 27.6 Å². The van der Waals surface area contributed by atoms with E-state index in [1.807, 2.05) is 13.1 Å². The molecule has 2 N–H and O–H groups in total. The number of carbonyl (C=O) groups is 2. The Morgan fingerprint density at radius 1 is 1.37 bits per heavy atom. The first kappa shape index (κ1) is 18.0. The number of nitrogens with one attached hydrogen (secondary N) is 2. The van der Waals surface area contributed by atoms with Gasteiger partial charge in [-0.25, -0.2) is 0 Å². The number of nitriles is 1. The zero-order valence-corrected chi connectivity index (χ0v) is 16.2. The molecule has 0 bridgehead atoms. The van der Waals surface area contributed by atoms with Crippen LogP contribution in [0.15, 0.2) is 6.07 Å². The predicted octanol–water partition coefficient (Wildman–Crippen LogP) is 2.62. The summed E-state index contributed by atoms with van der Waals surface area (Å²) in [6, 6.07) is 4.37. The molecule has 2 aliphatic carbocycles. The highest BCUT2D eigenvalue weighted by Crippen LogP contribution is 2.37. The summed E-state index contributed by atoms with van der Waals surface area (Å²) < 4.78 is 1.75. The fourth-order valence-electron chi connectivity index (χ4n) is 3.86. The van der Waals surface area contributed by atoms with Gasteiger partial charge in [0.05, 0.1) is 23.2 Å². The van der Waals surface area contributed by atoms with Gasteiger partial charge in [0.25, 0.3) is 5.91 Å². The molecule has 27 heavy (non-hydrogen) atoms. The number of aromatic nitrogens is 2. The average Bonchev–Trinajstić information content (AvgIpc) is 3.33. The first-order valence-electron chi connectivity index (χ1n) is 9.48. The van der Waals surface area contributed by atoms with Crippen molar-refractivity contribution in [2.75, 3.05) is 0 Å². The minimum atomic E-state index is -0.892. The van der Waals surface area contributed by atoms with E-state index in [0.29, 0.717) is 23.8 Å². The molecule has 2 heterocycles. The number of nitrogens with zero attached hydrogens (tertiary/aromatic N) is 3. The molecule has 8 heteroatoms. The lowest BCUT2D eigenvalue weighted by molar-refractivity contribution is -0.128. The Kier molecular flexibility index (Phi) is 4.64. The van der Waals surface area contributed by atoms with Gasteiger partial charge in [0.15, 0.2) is 0 Å². The third kappa shape index (κ3) is 3.21. The molecule has 0 aromatic carbocycles. The van der Waals surface area contributed by atoms with Crippen molar-refractivity contribution in [2.24, 2.45) is 12.5 Å². The van der Waals surface area contributed by atoms with Crippen molar-refractivity contribution in [2.45, 2.75) is 57.5 Å². The molecule has 0 aliphatic heterocycles. The van der Waals surface area contributed by atoms with Crippen molar-refractivity contribution in [3.63, 3.8) is 0 Å². The molecule has 2 amide bonds. The van der Waals surface area contributed by atoms with Crippen LogP contribution in [0.1, 0.15) is 60.3 Å². The van der Waals surface area contributed by atoms with Crippen LogP contribution < -0.4 is 10.6 Å². The van der Waals surface area contributed by atoms with Crippen LogP contribution in [0.5, 0.6) is 0 Å². The molecular formula is C19H23N5O2S. The van der Waals surface area contributed by atoms with Crippen molar-refractivity contribution in [3.05, 3.63) is 16.6 Å². The van der Waals surface area contributed by atoms with E-state index in [1.54, 1.807) is 4.68 Å². The van der Waals surface area contributed by atoms with Gasteiger partial charge in [-0.15, -0.1) is 11.3 Å². The van der Waals surface area contributed by atoms with Crippen LogP contribution in [0.2, 0.25) is 0 Å². The highest BCUT2D eigenvalue weighted by Gasteiger charge is 2.41. The van der Waals surface area contributed by atoms with E-state index in [9.17, 15) is 14.9 Å². The predicted molar refractivity (Wildman–Crippen MR) is 102 cm³/mol. The second-order valence-electron chi connectivity index (χ2n) is 7.58. The van der Waals surface area contributed by atoms with Crippen molar-refractivity contribution < 1.29 is 9.59 Å². The standard InChI is InChI=1S/C19H23N5O2S/c1-24-17-13(9-15(27-17)16(25)22-12-5-4-6-12)14(23-24)10-21-18(26)19(11-20)7-2-3-8-19/h9,12H,2-8,10H2,1H3,(H,21,26)(H,22,25). The molecule has 0 spiro atoms. The van der Waals surface area contributed by atoms with Crippen molar-refractivity contribution in [3.8, 4) is 6.07 Å². The number of thiophene rings is 1. The van der Waals surface area contributed by atoms with Crippen LogP contribution in [0, 0.1) is 16.7 Å². The first-order valence-corrected chi connectivity index (χ1v) is 10.3.